The van der Waals surface area contributed by atoms with Crippen LogP contribution in [0.1, 0.15) is 16.2 Å². The third-order valence-electron chi connectivity index (χ3n) is 1.85. The van der Waals surface area contributed by atoms with Crippen LogP contribution < -0.4 is 5.32 Å². The van der Waals surface area contributed by atoms with E-state index in [4.69, 9.17) is 4.42 Å². The first-order valence-electron chi connectivity index (χ1n) is 4.30. The Labute approximate surface area is 80.9 Å². The highest BCUT2D eigenvalue weighted by Gasteiger charge is 2.06. The summed E-state index contributed by atoms with van der Waals surface area (Å²) in [5, 5.41) is 2.72. The lowest BCUT2D eigenvalue weighted by Gasteiger charge is -2.00. The number of H-pyrrole nitrogens is 1. The van der Waals surface area contributed by atoms with E-state index in [1.165, 1.54) is 6.26 Å². The van der Waals surface area contributed by atoms with Crippen molar-refractivity contribution in [1.29, 1.82) is 0 Å². The molecule has 4 nitrogen and oxygen atoms in total. The predicted molar refractivity (Wildman–Crippen MR) is 50.7 cm³/mol. The molecule has 0 saturated heterocycles. The van der Waals surface area contributed by atoms with Crippen molar-refractivity contribution in [2.24, 2.45) is 0 Å². The highest BCUT2D eigenvalue weighted by molar-refractivity contribution is 5.91. The van der Waals surface area contributed by atoms with E-state index in [2.05, 4.69) is 10.3 Å². The molecule has 0 aliphatic heterocycles. The van der Waals surface area contributed by atoms with E-state index >= 15 is 0 Å². The molecule has 0 spiro atoms. The van der Waals surface area contributed by atoms with Crippen molar-refractivity contribution in [1.82, 2.24) is 10.3 Å². The quantitative estimate of drug-likeness (QED) is 0.771. The highest BCUT2D eigenvalue weighted by atomic mass is 16.3. The summed E-state index contributed by atoms with van der Waals surface area (Å²) in [7, 11) is 0. The van der Waals surface area contributed by atoms with Crippen LogP contribution in [0.3, 0.4) is 0 Å². The molecular weight excluding hydrogens is 180 g/mol. The van der Waals surface area contributed by atoms with E-state index in [0.717, 1.165) is 5.69 Å². The van der Waals surface area contributed by atoms with E-state index in [9.17, 15) is 4.79 Å². The summed E-state index contributed by atoms with van der Waals surface area (Å²) in [6.45, 7) is 0.479. The summed E-state index contributed by atoms with van der Waals surface area (Å²) in [4.78, 5) is 14.4. The average molecular weight is 190 g/mol. The second-order valence-corrected chi connectivity index (χ2v) is 2.86. The highest BCUT2D eigenvalue weighted by Crippen LogP contribution is 2.00. The van der Waals surface area contributed by atoms with Crippen LogP contribution in [0.25, 0.3) is 0 Å². The third kappa shape index (κ3) is 1.85. The van der Waals surface area contributed by atoms with Gasteiger partial charge in [0.1, 0.15) is 0 Å². The number of amides is 1. The van der Waals surface area contributed by atoms with Crippen LogP contribution in [0.15, 0.2) is 41.1 Å². The molecule has 4 heteroatoms. The Hall–Kier alpha value is -1.97. The summed E-state index contributed by atoms with van der Waals surface area (Å²) in [6, 6.07) is 7.10. The van der Waals surface area contributed by atoms with Gasteiger partial charge in [-0.05, 0) is 24.3 Å². The number of hydrogen-bond acceptors (Lipinski definition) is 2. The summed E-state index contributed by atoms with van der Waals surface area (Å²) < 4.78 is 4.94. The lowest BCUT2D eigenvalue weighted by atomic mass is 10.4. The molecule has 0 bridgehead atoms. The van der Waals surface area contributed by atoms with Gasteiger partial charge in [-0.3, -0.25) is 4.79 Å². The summed E-state index contributed by atoms with van der Waals surface area (Å²) >= 11 is 0. The van der Waals surface area contributed by atoms with Crippen molar-refractivity contribution in [3.63, 3.8) is 0 Å². The van der Waals surface area contributed by atoms with Crippen molar-refractivity contribution >= 4 is 5.91 Å². The van der Waals surface area contributed by atoms with Crippen molar-refractivity contribution < 1.29 is 9.21 Å². The van der Waals surface area contributed by atoms with Gasteiger partial charge >= 0.3 is 0 Å². The summed E-state index contributed by atoms with van der Waals surface area (Å²) in [5.41, 5.74) is 0.963. The molecule has 72 valence electrons. The maximum absolute atomic E-state index is 11.4. The zero-order valence-electron chi connectivity index (χ0n) is 7.49. The summed E-state index contributed by atoms with van der Waals surface area (Å²) in [6.07, 6.45) is 3.29. The predicted octanol–water partition coefficient (Wildman–Crippen LogP) is 1.54. The fourth-order valence-electron chi connectivity index (χ4n) is 1.15. The van der Waals surface area contributed by atoms with Crippen LogP contribution in [0.5, 0.6) is 0 Å². The van der Waals surface area contributed by atoms with Gasteiger partial charge in [0.05, 0.1) is 12.8 Å². The Balaban J connectivity index is 1.90. The molecule has 0 unspecified atom stereocenters. The maximum Gasteiger partial charge on any atom is 0.287 e. The minimum Gasteiger partial charge on any atom is -0.459 e. The van der Waals surface area contributed by atoms with Gasteiger partial charge in [0.25, 0.3) is 5.91 Å². The molecule has 0 aliphatic rings. The molecule has 0 saturated carbocycles. The standard InChI is InChI=1S/C10H10N2O2/c13-10(9-4-2-6-14-9)12-7-8-3-1-5-11-8/h1-6,11H,7H2,(H,12,13). The van der Waals surface area contributed by atoms with Crippen LogP contribution >= 0.6 is 0 Å². The van der Waals surface area contributed by atoms with Gasteiger partial charge in [-0.25, -0.2) is 0 Å². The molecule has 0 aliphatic carbocycles. The van der Waals surface area contributed by atoms with E-state index < -0.39 is 0 Å². The third-order valence-corrected chi connectivity index (χ3v) is 1.85. The first-order chi connectivity index (χ1) is 6.86. The van der Waals surface area contributed by atoms with E-state index in [1.54, 1.807) is 12.1 Å². The fourth-order valence-corrected chi connectivity index (χ4v) is 1.15. The molecule has 2 rings (SSSR count). The zero-order chi connectivity index (χ0) is 9.80. The maximum atomic E-state index is 11.4. The zero-order valence-corrected chi connectivity index (χ0v) is 7.49. The first kappa shape index (κ1) is 8.62. The molecule has 1 amide bonds. The number of carbonyl (C=O) groups excluding carboxylic acids is 1. The molecule has 0 atom stereocenters. The number of aromatic nitrogens is 1. The average Bonchev–Trinajstić information content (AvgIpc) is 2.87. The second-order valence-electron chi connectivity index (χ2n) is 2.86. The van der Waals surface area contributed by atoms with Crippen LogP contribution in [-0.4, -0.2) is 10.9 Å². The monoisotopic (exact) mass is 190 g/mol. The Bertz CT molecular complexity index is 390. The Kier molecular flexibility index (Phi) is 2.36. The Morgan fingerprint density at radius 3 is 3.00 bits per heavy atom. The van der Waals surface area contributed by atoms with E-state index in [1.807, 2.05) is 18.3 Å². The first-order valence-corrected chi connectivity index (χ1v) is 4.30. The molecule has 14 heavy (non-hydrogen) atoms. The lowest BCUT2D eigenvalue weighted by molar-refractivity contribution is 0.0922. The van der Waals surface area contributed by atoms with Gasteiger partial charge in [0.15, 0.2) is 5.76 Å². The van der Waals surface area contributed by atoms with Crippen molar-refractivity contribution in [2.75, 3.05) is 0 Å². The molecule has 2 aromatic rings. The normalized spacial score (nSPS) is 10.0. The molecule has 2 heterocycles. The second kappa shape index (κ2) is 3.83. The molecule has 0 aromatic carbocycles. The Morgan fingerprint density at radius 1 is 1.43 bits per heavy atom. The van der Waals surface area contributed by atoms with Crippen LogP contribution in [0, 0.1) is 0 Å². The van der Waals surface area contributed by atoms with Crippen LogP contribution in [-0.2, 0) is 6.54 Å². The SMILES string of the molecule is O=C(NCc1ccc[nH]1)c1ccco1. The van der Waals surface area contributed by atoms with Gasteiger partial charge in [-0.1, -0.05) is 0 Å². The molecule has 2 aromatic heterocycles. The number of nitrogens with one attached hydrogen (secondary N) is 2. The minimum atomic E-state index is -0.204. The van der Waals surface area contributed by atoms with Gasteiger partial charge in [-0.2, -0.15) is 0 Å². The molecular formula is C10H10N2O2. The number of aromatic amines is 1. The van der Waals surface area contributed by atoms with Gasteiger partial charge in [0.2, 0.25) is 0 Å². The van der Waals surface area contributed by atoms with E-state index in [-0.39, 0.29) is 5.91 Å². The number of carbonyl (C=O) groups is 1. The molecule has 0 fully saturated rings. The van der Waals surface area contributed by atoms with Crippen LogP contribution in [0.2, 0.25) is 0 Å². The van der Waals surface area contributed by atoms with E-state index in [0.29, 0.717) is 12.3 Å². The van der Waals surface area contributed by atoms with Crippen molar-refractivity contribution in [2.45, 2.75) is 6.54 Å². The largest absolute Gasteiger partial charge is 0.459 e. The van der Waals surface area contributed by atoms with Gasteiger partial charge in [0, 0.05) is 11.9 Å². The van der Waals surface area contributed by atoms with Crippen molar-refractivity contribution in [3.8, 4) is 0 Å². The van der Waals surface area contributed by atoms with Crippen molar-refractivity contribution in [3.05, 3.63) is 48.2 Å². The molecule has 2 N–H and O–H groups in total. The fraction of sp³-hybridized carbons (Fsp3) is 0.100. The number of furan rings is 1. The minimum absolute atomic E-state index is 0.204. The summed E-state index contributed by atoms with van der Waals surface area (Å²) in [5.74, 6) is 0.126. The lowest BCUT2D eigenvalue weighted by Crippen LogP contribution is -2.22. The number of rotatable bonds is 3. The number of hydrogen-bond donors (Lipinski definition) is 2. The smallest absolute Gasteiger partial charge is 0.287 e. The molecule has 0 radical (unpaired) electrons. The topological polar surface area (TPSA) is 58.0 Å². The Morgan fingerprint density at radius 2 is 2.36 bits per heavy atom. The van der Waals surface area contributed by atoms with Gasteiger partial charge in [-0.15, -0.1) is 0 Å². The van der Waals surface area contributed by atoms with Gasteiger partial charge < -0.3 is 14.7 Å². The van der Waals surface area contributed by atoms with Crippen LogP contribution in [0.4, 0.5) is 0 Å².